The van der Waals surface area contributed by atoms with Crippen LogP contribution in [-0.4, -0.2) is 41.6 Å². The Hall–Kier alpha value is -1.03. The summed E-state index contributed by atoms with van der Waals surface area (Å²) >= 11 is 0. The zero-order valence-electron chi connectivity index (χ0n) is 9.77. The summed E-state index contributed by atoms with van der Waals surface area (Å²) in [5, 5.41) is 1.92. The summed E-state index contributed by atoms with van der Waals surface area (Å²) in [6, 6.07) is 5.72. The van der Waals surface area contributed by atoms with Crippen molar-refractivity contribution in [2.45, 2.75) is 24.6 Å². The first kappa shape index (κ1) is 12.4. The molecule has 0 amide bonds. The lowest BCUT2D eigenvalue weighted by Crippen LogP contribution is -2.50. The molecule has 3 nitrogen and oxygen atoms in total. The zero-order chi connectivity index (χ0) is 12.5. The Morgan fingerprint density at radius 2 is 2.06 bits per heavy atom. The summed E-state index contributed by atoms with van der Waals surface area (Å²) in [4.78, 5) is 0. The van der Waals surface area contributed by atoms with Crippen LogP contribution in [0.4, 0.5) is 0 Å². The van der Waals surface area contributed by atoms with Crippen LogP contribution in [0.1, 0.15) is 12.5 Å². The van der Waals surface area contributed by atoms with Gasteiger partial charge in [0.15, 0.2) is 11.5 Å². The van der Waals surface area contributed by atoms with Crippen LogP contribution < -0.4 is 14.8 Å². The van der Waals surface area contributed by atoms with Crippen LogP contribution in [-0.2, 0) is 6.42 Å². The van der Waals surface area contributed by atoms with Crippen molar-refractivity contribution in [1.29, 1.82) is 0 Å². The molecule has 1 heterocycles. The molecule has 0 fully saturated rings. The fraction of sp³-hybridized carbons (Fsp3) is 0.455. The van der Waals surface area contributed by atoms with Crippen molar-refractivity contribution in [3.05, 3.63) is 23.8 Å². The average molecular weight is 223 g/mol. The molecule has 0 saturated carbocycles. The molecule has 1 unspecified atom stereocenters. The van der Waals surface area contributed by atoms with Crippen molar-refractivity contribution in [1.82, 2.24) is 5.32 Å². The molecule has 0 aromatic heterocycles. The van der Waals surface area contributed by atoms with Gasteiger partial charge >= 0.3 is 0 Å². The number of benzene rings is 1. The number of rotatable bonds is 4. The average Bonchev–Trinajstić information content (AvgIpc) is 2.61. The van der Waals surface area contributed by atoms with Crippen LogP contribution in [0.3, 0.4) is 0 Å². The Morgan fingerprint density at radius 1 is 1.35 bits per heavy atom. The number of nitrogens with one attached hydrogen (secondary N) is 1. The maximum absolute atomic E-state index is 5.89. The molecule has 17 heavy (non-hydrogen) atoms. The number of ether oxygens (including phenoxy) is 2. The highest BCUT2D eigenvalue weighted by Crippen LogP contribution is 2.32. The number of hydrogen-bond donors (Lipinski definition) is 1. The number of hydrogen-bond acceptors (Lipinski definition) is 3. The van der Waals surface area contributed by atoms with E-state index in [2.05, 4.69) is 5.32 Å². The number of fused-ring (bicyclic) bond motifs is 1. The van der Waals surface area contributed by atoms with E-state index in [0.29, 0.717) is 6.42 Å². The third-order valence-electron chi connectivity index (χ3n) is 2.39. The van der Waals surface area contributed by atoms with Crippen molar-refractivity contribution in [2.24, 2.45) is 0 Å². The van der Waals surface area contributed by atoms with Crippen molar-refractivity contribution in [2.75, 3.05) is 6.79 Å². The van der Waals surface area contributed by atoms with Gasteiger partial charge in [0.2, 0.25) is 6.79 Å². The lowest BCUT2D eigenvalue weighted by Gasteiger charge is -2.27. The van der Waals surface area contributed by atoms with Crippen molar-refractivity contribution >= 4 is 23.5 Å². The molecule has 82 valence electrons. The highest BCUT2D eigenvalue weighted by atomic mass is 16.7. The molecule has 6 heteroatoms. The summed E-state index contributed by atoms with van der Waals surface area (Å²) in [6.07, 6.45) is 0.612. The standard InChI is InChI=1S/C11H12B3NO2/c1-11(13,14)15-10(12)5-7-2-3-8-9(4-7)17-6-16-8/h2-4,10,15H,5-6H2,1H3. The van der Waals surface area contributed by atoms with Crippen LogP contribution in [0.15, 0.2) is 18.2 Å². The highest BCUT2D eigenvalue weighted by molar-refractivity contribution is 6.39. The molecule has 0 saturated heterocycles. The van der Waals surface area contributed by atoms with Crippen molar-refractivity contribution < 1.29 is 9.47 Å². The Balaban J connectivity index is 1.99. The van der Waals surface area contributed by atoms with Crippen LogP contribution in [0.5, 0.6) is 11.5 Å². The molecule has 1 aliphatic rings. The van der Waals surface area contributed by atoms with Gasteiger partial charge in [0.05, 0.1) is 23.5 Å². The lowest BCUT2D eigenvalue weighted by molar-refractivity contribution is 0.174. The molecule has 1 N–H and O–H groups in total. The SMILES string of the molecule is [B]C(Cc1ccc2c(c1)OCO2)NC([B])([B])C. The summed E-state index contributed by atoms with van der Waals surface area (Å²) in [5.41, 5.74) is 1.04. The normalized spacial score (nSPS) is 15.8. The summed E-state index contributed by atoms with van der Waals surface area (Å²) in [6.45, 7) is 1.93. The Bertz CT molecular complexity index is 406. The quantitative estimate of drug-likeness (QED) is 0.731. The maximum atomic E-state index is 5.89. The van der Waals surface area contributed by atoms with Gasteiger partial charge in [0.1, 0.15) is 0 Å². The van der Waals surface area contributed by atoms with Crippen LogP contribution >= 0.6 is 0 Å². The fourth-order valence-corrected chi connectivity index (χ4v) is 1.77. The van der Waals surface area contributed by atoms with Crippen molar-refractivity contribution in [3.8, 4) is 11.5 Å². The van der Waals surface area contributed by atoms with Gasteiger partial charge in [0.25, 0.3) is 0 Å². The molecule has 2 rings (SSSR count). The van der Waals surface area contributed by atoms with Gasteiger partial charge in [-0.3, -0.25) is 0 Å². The second kappa shape index (κ2) is 4.69. The molecule has 0 aliphatic carbocycles. The largest absolute Gasteiger partial charge is 0.454 e. The van der Waals surface area contributed by atoms with E-state index in [1.54, 1.807) is 6.92 Å². The van der Waals surface area contributed by atoms with E-state index in [0.717, 1.165) is 17.1 Å². The molecular formula is C11H12B3NO2. The molecule has 1 aliphatic heterocycles. The van der Waals surface area contributed by atoms with Crippen molar-refractivity contribution in [3.63, 3.8) is 0 Å². The first-order chi connectivity index (χ1) is 7.94. The minimum absolute atomic E-state index is 0.271. The molecular weight excluding hydrogens is 211 g/mol. The first-order valence-corrected chi connectivity index (χ1v) is 5.43. The lowest BCUT2D eigenvalue weighted by atomic mass is 9.62. The first-order valence-electron chi connectivity index (χ1n) is 5.43. The third kappa shape index (κ3) is 3.46. The van der Waals surface area contributed by atoms with Gasteiger partial charge < -0.3 is 14.8 Å². The molecule has 1 atom stereocenters. The Labute approximate surface area is 105 Å². The van der Waals surface area contributed by atoms with E-state index < -0.39 is 5.34 Å². The molecule has 6 radical (unpaired) electrons. The van der Waals surface area contributed by atoms with E-state index >= 15 is 0 Å². The second-order valence-corrected chi connectivity index (χ2v) is 4.43. The van der Waals surface area contributed by atoms with E-state index in [1.807, 2.05) is 18.2 Å². The van der Waals surface area contributed by atoms with E-state index in [9.17, 15) is 0 Å². The Morgan fingerprint density at radius 3 is 2.76 bits per heavy atom. The minimum atomic E-state index is -0.976. The van der Waals surface area contributed by atoms with Crippen LogP contribution in [0, 0.1) is 0 Å². The van der Waals surface area contributed by atoms with E-state index in [4.69, 9.17) is 33.0 Å². The third-order valence-corrected chi connectivity index (χ3v) is 2.39. The molecule has 0 spiro atoms. The minimum Gasteiger partial charge on any atom is -0.454 e. The van der Waals surface area contributed by atoms with Crippen LogP contribution in [0.2, 0.25) is 0 Å². The van der Waals surface area contributed by atoms with Gasteiger partial charge in [-0.15, -0.1) is 0 Å². The van der Waals surface area contributed by atoms with E-state index in [-0.39, 0.29) is 12.7 Å². The summed E-state index contributed by atoms with van der Waals surface area (Å²) in [5.74, 6) is 1.20. The topological polar surface area (TPSA) is 30.5 Å². The fourth-order valence-electron chi connectivity index (χ4n) is 1.77. The van der Waals surface area contributed by atoms with Crippen LogP contribution in [0.25, 0.3) is 0 Å². The predicted molar refractivity (Wildman–Crippen MR) is 68.9 cm³/mol. The Kier molecular flexibility index (Phi) is 3.43. The highest BCUT2D eigenvalue weighted by Gasteiger charge is 2.16. The summed E-state index contributed by atoms with van der Waals surface area (Å²) in [7, 11) is 17.1. The summed E-state index contributed by atoms with van der Waals surface area (Å²) < 4.78 is 10.5. The smallest absolute Gasteiger partial charge is 0.231 e. The zero-order valence-corrected chi connectivity index (χ0v) is 9.77. The van der Waals surface area contributed by atoms with E-state index in [1.165, 1.54) is 0 Å². The van der Waals surface area contributed by atoms with Gasteiger partial charge in [-0.05, 0) is 30.1 Å². The molecule has 1 aromatic carbocycles. The van der Waals surface area contributed by atoms with Gasteiger partial charge in [0, 0.05) is 0 Å². The monoisotopic (exact) mass is 223 g/mol. The molecule has 0 bridgehead atoms. The maximum Gasteiger partial charge on any atom is 0.231 e. The predicted octanol–water partition coefficient (Wildman–Crippen LogP) is 0.0527. The van der Waals surface area contributed by atoms with Gasteiger partial charge in [-0.2, -0.15) is 0 Å². The second-order valence-electron chi connectivity index (χ2n) is 4.43. The van der Waals surface area contributed by atoms with Gasteiger partial charge in [-0.25, -0.2) is 0 Å². The van der Waals surface area contributed by atoms with Gasteiger partial charge in [-0.1, -0.05) is 18.3 Å². The molecule has 1 aromatic rings.